The average Bonchev–Trinajstić information content (AvgIpc) is 3.03. The maximum atomic E-state index is 13.8. The highest BCUT2D eigenvalue weighted by Crippen LogP contribution is 2.52. The van der Waals surface area contributed by atoms with E-state index < -0.39 is 0 Å². The van der Waals surface area contributed by atoms with Gasteiger partial charge in [-0.3, -0.25) is 19.0 Å². The molecule has 2 N–H and O–H groups in total. The Morgan fingerprint density at radius 1 is 1.03 bits per heavy atom. The Morgan fingerprint density at radius 2 is 1.75 bits per heavy atom. The molecule has 5 rings (SSSR count). The van der Waals surface area contributed by atoms with Gasteiger partial charge in [0.15, 0.2) is 5.82 Å². The monoisotopic (exact) mass is 487 g/mol. The molecule has 3 aromatic rings. The summed E-state index contributed by atoms with van der Waals surface area (Å²) in [7, 11) is 0. The van der Waals surface area contributed by atoms with E-state index in [-0.39, 0.29) is 40.8 Å². The van der Waals surface area contributed by atoms with E-state index in [9.17, 15) is 14.4 Å². The molecule has 36 heavy (non-hydrogen) atoms. The van der Waals surface area contributed by atoms with Crippen molar-refractivity contribution in [1.82, 2.24) is 9.55 Å². The van der Waals surface area contributed by atoms with Crippen molar-refractivity contribution in [1.29, 1.82) is 0 Å². The summed E-state index contributed by atoms with van der Waals surface area (Å²) in [6, 6.07) is 14.6. The zero-order chi connectivity index (χ0) is 25.7. The van der Waals surface area contributed by atoms with E-state index >= 15 is 0 Å². The number of anilines is 3. The Kier molecular flexibility index (Phi) is 5.85. The third kappa shape index (κ3) is 4.72. The minimum Gasteiger partial charge on any atom is -0.348 e. The summed E-state index contributed by atoms with van der Waals surface area (Å²) in [6.45, 7) is 9.00. The summed E-state index contributed by atoms with van der Waals surface area (Å²) in [4.78, 5) is 45.3. The molecular formula is C28H33N5O3. The van der Waals surface area contributed by atoms with Crippen molar-refractivity contribution in [2.24, 2.45) is 10.8 Å². The number of carbonyl (C=O) groups is 2. The van der Waals surface area contributed by atoms with Crippen LogP contribution in [-0.4, -0.2) is 34.0 Å². The molecule has 2 fully saturated rings. The number of aromatic nitrogens is 2. The van der Waals surface area contributed by atoms with Gasteiger partial charge in [-0.1, -0.05) is 39.0 Å². The van der Waals surface area contributed by atoms with E-state index in [0.29, 0.717) is 28.2 Å². The topological polar surface area (TPSA) is 96.3 Å². The fourth-order valence-corrected chi connectivity index (χ4v) is 6.45. The summed E-state index contributed by atoms with van der Waals surface area (Å²) >= 11 is 0. The van der Waals surface area contributed by atoms with Gasteiger partial charge in [-0.25, -0.2) is 4.98 Å². The van der Waals surface area contributed by atoms with Crippen molar-refractivity contribution in [3.05, 3.63) is 58.9 Å². The molecule has 0 spiro atoms. The number of hydrogen-bond acceptors (Lipinski definition) is 5. The van der Waals surface area contributed by atoms with Crippen LogP contribution in [0.15, 0.2) is 53.3 Å². The molecule has 8 nitrogen and oxygen atoms in total. The average molecular weight is 488 g/mol. The summed E-state index contributed by atoms with van der Waals surface area (Å²) < 4.78 is 1.53. The van der Waals surface area contributed by atoms with Crippen molar-refractivity contribution < 1.29 is 9.59 Å². The standard InChI is InChI=1S/C28H33N5O3/c1-18(34)29-19-8-7-9-20(12-19)30-24(35)15-32-23-11-6-5-10-22(23)31-25(26(32)36)33-17-28(4)14-21(33)13-27(2,3)16-28/h5-12,21H,13-17H2,1-4H3,(H,29,34)(H,30,35)/t21-,28+/m1/s1. The molecule has 2 atom stereocenters. The minimum atomic E-state index is -0.326. The number of rotatable bonds is 5. The summed E-state index contributed by atoms with van der Waals surface area (Å²) in [5, 5.41) is 5.56. The van der Waals surface area contributed by atoms with Gasteiger partial charge in [-0.05, 0) is 60.4 Å². The Hall–Kier alpha value is -3.68. The van der Waals surface area contributed by atoms with Crippen LogP contribution in [0.25, 0.3) is 11.0 Å². The highest BCUT2D eigenvalue weighted by Gasteiger charge is 2.50. The maximum absolute atomic E-state index is 13.8. The fourth-order valence-electron chi connectivity index (χ4n) is 6.45. The van der Waals surface area contributed by atoms with Crippen molar-refractivity contribution in [3.8, 4) is 0 Å². The first kappa shape index (κ1) is 24.0. The van der Waals surface area contributed by atoms with Crippen LogP contribution in [0.1, 0.15) is 47.0 Å². The first-order chi connectivity index (χ1) is 17.0. The van der Waals surface area contributed by atoms with E-state index in [1.165, 1.54) is 11.5 Å². The lowest BCUT2D eigenvalue weighted by Gasteiger charge is -2.39. The van der Waals surface area contributed by atoms with Crippen LogP contribution in [-0.2, 0) is 16.1 Å². The summed E-state index contributed by atoms with van der Waals surface area (Å²) in [6.07, 6.45) is 3.19. The molecule has 0 radical (unpaired) electrons. The molecule has 1 saturated carbocycles. The molecule has 1 aliphatic heterocycles. The molecule has 1 aromatic heterocycles. The van der Waals surface area contributed by atoms with Gasteiger partial charge in [0.2, 0.25) is 11.8 Å². The SMILES string of the molecule is CC(=O)Nc1cccc(NC(=O)Cn2c(=O)c(N3C[C@@]4(C)C[C@H]3CC(C)(C)C4)nc3ccccc32)c1. The Labute approximate surface area is 210 Å². The zero-order valence-corrected chi connectivity index (χ0v) is 21.3. The maximum Gasteiger partial charge on any atom is 0.294 e. The van der Waals surface area contributed by atoms with Gasteiger partial charge in [0.25, 0.3) is 5.56 Å². The van der Waals surface area contributed by atoms with Crippen molar-refractivity contribution >= 4 is 40.0 Å². The number of nitrogens with one attached hydrogen (secondary N) is 2. The van der Waals surface area contributed by atoms with Crippen LogP contribution in [0.4, 0.5) is 17.2 Å². The van der Waals surface area contributed by atoms with Gasteiger partial charge in [-0.2, -0.15) is 0 Å². The van der Waals surface area contributed by atoms with E-state index in [4.69, 9.17) is 4.98 Å². The Morgan fingerprint density at radius 3 is 2.50 bits per heavy atom. The highest BCUT2D eigenvalue weighted by molar-refractivity contribution is 5.94. The molecule has 1 saturated heterocycles. The first-order valence-corrected chi connectivity index (χ1v) is 12.5. The van der Waals surface area contributed by atoms with Crippen LogP contribution < -0.4 is 21.1 Å². The van der Waals surface area contributed by atoms with E-state index in [2.05, 4.69) is 36.3 Å². The molecule has 1 aliphatic carbocycles. The largest absolute Gasteiger partial charge is 0.348 e. The Balaban J connectivity index is 1.47. The van der Waals surface area contributed by atoms with Gasteiger partial charge in [-0.15, -0.1) is 0 Å². The second kappa shape index (κ2) is 8.76. The number of benzene rings is 2. The third-order valence-electron chi connectivity index (χ3n) is 7.29. The van der Waals surface area contributed by atoms with Crippen molar-refractivity contribution in [2.75, 3.05) is 22.1 Å². The second-order valence-corrected chi connectivity index (χ2v) is 11.5. The van der Waals surface area contributed by atoms with Crippen molar-refractivity contribution in [2.45, 2.75) is 59.5 Å². The van der Waals surface area contributed by atoms with Gasteiger partial charge in [0.05, 0.1) is 11.0 Å². The molecule has 188 valence electrons. The number of hydrogen-bond donors (Lipinski definition) is 2. The molecular weight excluding hydrogens is 454 g/mol. The lowest BCUT2D eigenvalue weighted by molar-refractivity contribution is -0.116. The molecule has 2 heterocycles. The summed E-state index contributed by atoms with van der Waals surface area (Å²) in [5.41, 5.74) is 2.57. The van der Waals surface area contributed by atoms with E-state index in [1.807, 2.05) is 24.3 Å². The van der Waals surface area contributed by atoms with Crippen LogP contribution in [0.3, 0.4) is 0 Å². The molecule has 2 aliphatic rings. The van der Waals surface area contributed by atoms with Gasteiger partial charge in [0.1, 0.15) is 6.54 Å². The quantitative estimate of drug-likeness (QED) is 0.556. The zero-order valence-electron chi connectivity index (χ0n) is 21.3. The fraction of sp³-hybridized carbons (Fsp3) is 0.429. The summed E-state index contributed by atoms with van der Waals surface area (Å²) in [5.74, 6) is -0.0855. The number of nitrogens with zero attached hydrogens (tertiary/aromatic N) is 3. The lowest BCUT2D eigenvalue weighted by atomic mass is 9.65. The second-order valence-electron chi connectivity index (χ2n) is 11.5. The molecule has 8 heteroatoms. The molecule has 2 bridgehead atoms. The first-order valence-electron chi connectivity index (χ1n) is 12.5. The number of carbonyl (C=O) groups excluding carboxylic acids is 2. The third-order valence-corrected chi connectivity index (χ3v) is 7.29. The number of para-hydroxylation sites is 2. The normalized spacial score (nSPS) is 22.4. The number of fused-ring (bicyclic) bond motifs is 3. The number of amides is 2. The van der Waals surface area contributed by atoms with Gasteiger partial charge >= 0.3 is 0 Å². The Bertz CT molecular complexity index is 1410. The van der Waals surface area contributed by atoms with Gasteiger partial charge in [0, 0.05) is 30.9 Å². The van der Waals surface area contributed by atoms with Crippen LogP contribution in [0.2, 0.25) is 0 Å². The van der Waals surface area contributed by atoms with E-state index in [0.717, 1.165) is 25.8 Å². The van der Waals surface area contributed by atoms with Crippen LogP contribution >= 0.6 is 0 Å². The predicted octanol–water partition coefficient (Wildman–Crippen LogP) is 4.40. The van der Waals surface area contributed by atoms with Crippen LogP contribution in [0, 0.1) is 10.8 Å². The van der Waals surface area contributed by atoms with Crippen LogP contribution in [0.5, 0.6) is 0 Å². The predicted molar refractivity (Wildman–Crippen MR) is 142 cm³/mol. The van der Waals surface area contributed by atoms with Crippen molar-refractivity contribution in [3.63, 3.8) is 0 Å². The minimum absolute atomic E-state index is 0.138. The molecule has 2 amide bonds. The smallest absolute Gasteiger partial charge is 0.294 e. The highest BCUT2D eigenvalue weighted by atomic mass is 16.2. The molecule has 2 aromatic carbocycles. The molecule has 0 unspecified atom stereocenters. The van der Waals surface area contributed by atoms with E-state index in [1.54, 1.807) is 24.3 Å². The van der Waals surface area contributed by atoms with Gasteiger partial charge < -0.3 is 15.5 Å². The lowest BCUT2D eigenvalue weighted by Crippen LogP contribution is -2.39.